The van der Waals surface area contributed by atoms with Gasteiger partial charge in [-0.25, -0.2) is 17.5 Å². The zero-order chi connectivity index (χ0) is 20.9. The fourth-order valence-electron chi connectivity index (χ4n) is 2.59. The van der Waals surface area contributed by atoms with E-state index in [-0.39, 0.29) is 35.3 Å². The number of aryl methyl sites for hydroxylation is 1. The lowest BCUT2D eigenvalue weighted by Crippen LogP contribution is -2.31. The number of rotatable bonds is 8. The molecule has 2 aromatic carbocycles. The maximum Gasteiger partial charge on any atom is 0.258 e. The highest BCUT2D eigenvalue weighted by molar-refractivity contribution is 7.89. The van der Waals surface area contributed by atoms with Gasteiger partial charge < -0.3 is 10.1 Å². The van der Waals surface area contributed by atoms with E-state index in [0.717, 1.165) is 5.56 Å². The molecule has 0 heterocycles. The predicted octanol–water partition coefficient (Wildman–Crippen LogP) is 3.08. The van der Waals surface area contributed by atoms with Gasteiger partial charge in [-0.2, -0.15) is 0 Å². The number of hydrogen-bond acceptors (Lipinski definition) is 4. The topological polar surface area (TPSA) is 84.5 Å². The first kappa shape index (κ1) is 21.8. The summed E-state index contributed by atoms with van der Waals surface area (Å²) in [7, 11) is -3.59. The summed E-state index contributed by atoms with van der Waals surface area (Å²) in [6, 6.07) is 9.83. The number of amides is 1. The molecule has 0 aliphatic carbocycles. The number of sulfonamides is 1. The van der Waals surface area contributed by atoms with E-state index in [4.69, 9.17) is 4.74 Å². The number of carbonyl (C=O) groups is 1. The van der Waals surface area contributed by atoms with Crippen LogP contribution in [0.3, 0.4) is 0 Å². The van der Waals surface area contributed by atoms with Crippen molar-refractivity contribution in [1.29, 1.82) is 0 Å². The molecule has 1 atom stereocenters. The standard InChI is InChI=1S/C20H25FN2O4S/c1-13(2)23-28(25,26)18-9-10-19(14(3)11-18)27-12-20(24)22-15(4)16-5-7-17(21)8-6-16/h5-11,13,15,23H,12H2,1-4H3,(H,22,24)/t15-/m0/s1. The Morgan fingerprint density at radius 1 is 1.11 bits per heavy atom. The molecule has 2 rings (SSSR count). The van der Waals surface area contributed by atoms with Crippen LogP contribution in [0, 0.1) is 12.7 Å². The Bertz CT molecular complexity index is 928. The molecule has 0 radical (unpaired) electrons. The van der Waals surface area contributed by atoms with Crippen LogP contribution < -0.4 is 14.8 Å². The molecule has 0 saturated carbocycles. The molecule has 152 valence electrons. The normalized spacial score (nSPS) is 12.6. The monoisotopic (exact) mass is 408 g/mol. The Hall–Kier alpha value is -2.45. The third-order valence-corrected chi connectivity index (χ3v) is 5.61. The molecule has 0 unspecified atom stereocenters. The summed E-state index contributed by atoms with van der Waals surface area (Å²) in [5, 5.41) is 2.77. The molecule has 0 fully saturated rings. The second kappa shape index (κ2) is 9.16. The second-order valence-electron chi connectivity index (χ2n) is 6.83. The third kappa shape index (κ3) is 6.03. The minimum absolute atomic E-state index is 0.139. The first-order chi connectivity index (χ1) is 13.1. The van der Waals surface area contributed by atoms with Crippen molar-refractivity contribution in [2.45, 2.75) is 44.7 Å². The third-order valence-electron chi connectivity index (χ3n) is 3.95. The molecular weight excluding hydrogens is 383 g/mol. The van der Waals surface area contributed by atoms with Gasteiger partial charge in [-0.15, -0.1) is 0 Å². The minimum Gasteiger partial charge on any atom is -0.484 e. The van der Waals surface area contributed by atoms with Gasteiger partial charge in [-0.05, 0) is 69.2 Å². The number of hydrogen-bond donors (Lipinski definition) is 2. The Balaban J connectivity index is 1.96. The number of ether oxygens (including phenoxy) is 1. The zero-order valence-electron chi connectivity index (χ0n) is 16.3. The number of benzene rings is 2. The Morgan fingerprint density at radius 2 is 1.75 bits per heavy atom. The van der Waals surface area contributed by atoms with E-state index in [1.54, 1.807) is 39.8 Å². The lowest BCUT2D eigenvalue weighted by atomic mass is 10.1. The maximum absolute atomic E-state index is 13.0. The number of carbonyl (C=O) groups excluding carboxylic acids is 1. The average molecular weight is 408 g/mol. The van der Waals surface area contributed by atoms with Crippen molar-refractivity contribution in [3.63, 3.8) is 0 Å². The molecule has 0 aliphatic rings. The summed E-state index contributed by atoms with van der Waals surface area (Å²) in [5.74, 6) is -0.252. The van der Waals surface area contributed by atoms with Gasteiger partial charge in [-0.3, -0.25) is 4.79 Å². The highest BCUT2D eigenvalue weighted by Crippen LogP contribution is 2.22. The molecule has 0 saturated heterocycles. The van der Waals surface area contributed by atoms with Crippen molar-refractivity contribution in [3.8, 4) is 5.75 Å². The van der Waals surface area contributed by atoms with Crippen molar-refractivity contribution in [2.24, 2.45) is 0 Å². The van der Waals surface area contributed by atoms with Gasteiger partial charge in [0, 0.05) is 6.04 Å². The Morgan fingerprint density at radius 3 is 2.32 bits per heavy atom. The maximum atomic E-state index is 13.0. The number of halogens is 1. The van der Waals surface area contributed by atoms with Gasteiger partial charge in [0.15, 0.2) is 6.61 Å². The van der Waals surface area contributed by atoms with E-state index in [2.05, 4.69) is 10.0 Å². The fourth-order valence-corrected chi connectivity index (χ4v) is 3.93. The van der Waals surface area contributed by atoms with Crippen LogP contribution in [0.5, 0.6) is 5.75 Å². The first-order valence-electron chi connectivity index (χ1n) is 8.89. The lowest BCUT2D eigenvalue weighted by molar-refractivity contribution is -0.123. The molecule has 0 spiro atoms. The first-order valence-corrected chi connectivity index (χ1v) is 10.4. The van der Waals surface area contributed by atoms with Gasteiger partial charge in [0.2, 0.25) is 10.0 Å². The molecule has 2 N–H and O–H groups in total. The van der Waals surface area contributed by atoms with E-state index < -0.39 is 10.0 Å². The van der Waals surface area contributed by atoms with Crippen LogP contribution in [0.4, 0.5) is 4.39 Å². The molecule has 0 aromatic heterocycles. The summed E-state index contributed by atoms with van der Waals surface area (Å²) < 4.78 is 45.4. The van der Waals surface area contributed by atoms with Crippen LogP contribution in [-0.2, 0) is 14.8 Å². The van der Waals surface area contributed by atoms with Gasteiger partial charge in [0.1, 0.15) is 11.6 Å². The molecule has 2 aromatic rings. The Kier molecular flexibility index (Phi) is 7.15. The quantitative estimate of drug-likeness (QED) is 0.703. The summed E-state index contributed by atoms with van der Waals surface area (Å²) >= 11 is 0. The molecule has 8 heteroatoms. The number of nitrogens with one attached hydrogen (secondary N) is 2. The van der Waals surface area contributed by atoms with Crippen LogP contribution in [0.15, 0.2) is 47.4 Å². The minimum atomic E-state index is -3.59. The van der Waals surface area contributed by atoms with E-state index in [1.165, 1.54) is 30.3 Å². The second-order valence-corrected chi connectivity index (χ2v) is 8.55. The average Bonchev–Trinajstić information content (AvgIpc) is 2.60. The summed E-state index contributed by atoms with van der Waals surface area (Å²) in [6.45, 7) is 6.77. The molecule has 0 bridgehead atoms. The van der Waals surface area contributed by atoms with E-state index in [9.17, 15) is 17.6 Å². The van der Waals surface area contributed by atoms with Crippen molar-refractivity contribution in [2.75, 3.05) is 6.61 Å². The zero-order valence-corrected chi connectivity index (χ0v) is 17.1. The highest BCUT2D eigenvalue weighted by Gasteiger charge is 2.17. The van der Waals surface area contributed by atoms with Crippen LogP contribution in [0.2, 0.25) is 0 Å². The molecule has 1 amide bonds. The summed E-state index contributed by atoms with van der Waals surface area (Å²) in [6.07, 6.45) is 0. The van der Waals surface area contributed by atoms with E-state index in [0.29, 0.717) is 11.3 Å². The largest absolute Gasteiger partial charge is 0.484 e. The molecule has 0 aliphatic heterocycles. The predicted molar refractivity (Wildman–Crippen MR) is 105 cm³/mol. The van der Waals surface area contributed by atoms with Crippen molar-refractivity contribution < 1.29 is 22.3 Å². The summed E-state index contributed by atoms with van der Waals surface area (Å²) in [5.41, 5.74) is 1.38. The lowest BCUT2D eigenvalue weighted by Gasteiger charge is -2.16. The summed E-state index contributed by atoms with van der Waals surface area (Å²) in [4.78, 5) is 12.2. The van der Waals surface area contributed by atoms with Gasteiger partial charge in [0.25, 0.3) is 5.91 Å². The highest BCUT2D eigenvalue weighted by atomic mass is 32.2. The fraction of sp³-hybridized carbons (Fsp3) is 0.350. The van der Waals surface area contributed by atoms with E-state index in [1.807, 2.05) is 0 Å². The van der Waals surface area contributed by atoms with Crippen LogP contribution in [-0.4, -0.2) is 27.0 Å². The van der Waals surface area contributed by atoms with Crippen molar-refractivity contribution in [3.05, 3.63) is 59.4 Å². The van der Waals surface area contributed by atoms with Crippen LogP contribution in [0.1, 0.15) is 37.9 Å². The van der Waals surface area contributed by atoms with E-state index >= 15 is 0 Å². The molecule has 28 heavy (non-hydrogen) atoms. The van der Waals surface area contributed by atoms with Gasteiger partial charge in [-0.1, -0.05) is 12.1 Å². The van der Waals surface area contributed by atoms with Crippen LogP contribution >= 0.6 is 0 Å². The SMILES string of the molecule is Cc1cc(S(=O)(=O)NC(C)C)ccc1OCC(=O)N[C@@H](C)c1ccc(F)cc1. The van der Waals surface area contributed by atoms with Crippen molar-refractivity contribution in [1.82, 2.24) is 10.0 Å². The van der Waals surface area contributed by atoms with Gasteiger partial charge >= 0.3 is 0 Å². The smallest absolute Gasteiger partial charge is 0.258 e. The van der Waals surface area contributed by atoms with Gasteiger partial charge in [0.05, 0.1) is 10.9 Å². The van der Waals surface area contributed by atoms with Crippen LogP contribution in [0.25, 0.3) is 0 Å². The van der Waals surface area contributed by atoms with Crippen molar-refractivity contribution >= 4 is 15.9 Å². The molecule has 6 nitrogen and oxygen atoms in total. The molecular formula is C20H25FN2O4S. The Labute approximate surface area is 165 Å².